The molecule has 4 heteroatoms. The highest BCUT2D eigenvalue weighted by molar-refractivity contribution is 6.13. The van der Waals surface area contributed by atoms with E-state index in [9.17, 15) is 4.79 Å². The maximum Gasteiger partial charge on any atom is 0.482 e. The van der Waals surface area contributed by atoms with Crippen LogP contribution >= 0.6 is 0 Å². The van der Waals surface area contributed by atoms with Crippen LogP contribution in [0.1, 0.15) is 15.9 Å². The van der Waals surface area contributed by atoms with E-state index in [1.54, 1.807) is 0 Å². The van der Waals surface area contributed by atoms with Gasteiger partial charge in [0.05, 0.1) is 0 Å². The zero-order valence-corrected chi connectivity index (χ0v) is 9.15. The van der Waals surface area contributed by atoms with Crippen molar-refractivity contribution in [1.29, 1.82) is 0 Å². The molecule has 3 nitrogen and oxygen atoms in total. The summed E-state index contributed by atoms with van der Waals surface area (Å²) >= 11 is 0. The fourth-order valence-electron chi connectivity index (χ4n) is 1.35. The summed E-state index contributed by atoms with van der Waals surface area (Å²) in [4.78, 5) is 11.8. The van der Waals surface area contributed by atoms with Gasteiger partial charge in [-0.1, -0.05) is 60.7 Å². The molecule has 2 aromatic rings. The maximum atomic E-state index is 11.8. The molecule has 0 heterocycles. The first-order chi connectivity index (χ1) is 8.29. The Morgan fingerprint density at radius 3 is 1.35 bits per heavy atom. The molecule has 2 aromatic carbocycles. The molecule has 2 rings (SSSR count). The van der Waals surface area contributed by atoms with E-state index >= 15 is 0 Å². The molecule has 0 aliphatic carbocycles. The molecular weight excluding hydrogens is 215 g/mol. The van der Waals surface area contributed by atoms with Crippen molar-refractivity contribution in [3.63, 3.8) is 0 Å². The minimum Gasteiger partial charge on any atom is -0.429 e. The smallest absolute Gasteiger partial charge is 0.429 e. The van der Waals surface area contributed by atoms with Gasteiger partial charge >= 0.3 is 7.69 Å². The molecule has 0 aliphatic rings. The van der Waals surface area contributed by atoms with Gasteiger partial charge in [-0.25, -0.2) is 0 Å². The summed E-state index contributed by atoms with van der Waals surface area (Å²) in [6.45, 7) is 0. The highest BCUT2D eigenvalue weighted by atomic mass is 16.4. The fraction of sp³-hybridized carbons (Fsp3) is 0. The predicted octanol–water partition coefficient (Wildman–Crippen LogP) is 1.42. The number of carbonyl (C=O) groups is 1. The van der Waals surface area contributed by atoms with E-state index in [1.165, 1.54) is 0 Å². The highest BCUT2D eigenvalue weighted by Crippen LogP contribution is 2.08. The van der Waals surface area contributed by atoms with Crippen LogP contribution in [0.15, 0.2) is 60.7 Å². The third-order valence-electron chi connectivity index (χ3n) is 2.07. The number of ketones is 1. The molecule has 0 amide bonds. The molecule has 0 saturated heterocycles. The lowest BCUT2D eigenvalue weighted by atomic mass is 10.0. The van der Waals surface area contributed by atoms with Crippen LogP contribution in [0.3, 0.4) is 0 Å². The van der Waals surface area contributed by atoms with Crippen LogP contribution < -0.4 is 0 Å². The Kier molecular flexibility index (Phi) is 5.71. The Morgan fingerprint density at radius 2 is 1.06 bits per heavy atom. The van der Waals surface area contributed by atoms with Gasteiger partial charge in [-0.15, -0.1) is 0 Å². The first kappa shape index (κ1) is 13.2. The van der Waals surface area contributed by atoms with E-state index in [0.29, 0.717) is 0 Å². The van der Waals surface area contributed by atoms with Crippen molar-refractivity contribution in [2.75, 3.05) is 0 Å². The molecule has 0 spiro atoms. The van der Waals surface area contributed by atoms with Crippen molar-refractivity contribution in [3.05, 3.63) is 71.8 Å². The Bertz CT molecular complexity index is 401. The topological polar surface area (TPSA) is 57.5 Å². The number of rotatable bonds is 2. The standard InChI is InChI=1S/C13H10O.BH2O2/c14-13(11-7-3-1-4-8-11)12-9-5-2-6-10-12;2-1-3/h1-10H;2-3H. The predicted molar refractivity (Wildman–Crippen MR) is 66.5 cm³/mol. The summed E-state index contributed by atoms with van der Waals surface area (Å²) in [5, 5.41) is 14.0. The lowest BCUT2D eigenvalue weighted by Crippen LogP contribution is -1.99. The van der Waals surface area contributed by atoms with Crippen molar-refractivity contribution in [1.82, 2.24) is 0 Å². The molecule has 0 saturated carbocycles. The average Bonchev–Trinajstić information content (AvgIpc) is 2.41. The van der Waals surface area contributed by atoms with Gasteiger partial charge in [-0.2, -0.15) is 0 Å². The molecule has 0 fully saturated rings. The van der Waals surface area contributed by atoms with E-state index in [2.05, 4.69) is 0 Å². The van der Waals surface area contributed by atoms with Crippen LogP contribution in [0, 0.1) is 0 Å². The largest absolute Gasteiger partial charge is 0.482 e. The summed E-state index contributed by atoms with van der Waals surface area (Å²) in [6.07, 6.45) is 0. The average molecular weight is 227 g/mol. The van der Waals surface area contributed by atoms with Crippen molar-refractivity contribution >= 4 is 13.5 Å². The van der Waals surface area contributed by atoms with Gasteiger partial charge in [0.1, 0.15) is 0 Å². The Labute approximate surface area is 101 Å². The zero-order valence-electron chi connectivity index (χ0n) is 9.15. The quantitative estimate of drug-likeness (QED) is 0.602. The minimum absolute atomic E-state index is 0. The summed E-state index contributed by atoms with van der Waals surface area (Å²) in [6, 6.07) is 18.6. The van der Waals surface area contributed by atoms with Crippen molar-refractivity contribution in [3.8, 4) is 0 Å². The molecule has 85 valence electrons. The second-order valence-electron chi connectivity index (χ2n) is 3.18. The molecule has 0 bridgehead atoms. The third kappa shape index (κ3) is 4.22. The van der Waals surface area contributed by atoms with Crippen molar-refractivity contribution in [2.24, 2.45) is 0 Å². The monoisotopic (exact) mass is 227 g/mol. The second kappa shape index (κ2) is 7.38. The minimum atomic E-state index is 0. The molecule has 0 aromatic heterocycles. The highest BCUT2D eigenvalue weighted by Gasteiger charge is 2.06. The number of carbonyl (C=O) groups excluding carboxylic acids is 1. The van der Waals surface area contributed by atoms with Gasteiger partial charge < -0.3 is 10.0 Å². The van der Waals surface area contributed by atoms with Gasteiger partial charge in [0.2, 0.25) is 0 Å². The Balaban J connectivity index is 0.000000437. The van der Waals surface area contributed by atoms with E-state index in [-0.39, 0.29) is 13.5 Å². The van der Waals surface area contributed by atoms with E-state index < -0.39 is 0 Å². The van der Waals surface area contributed by atoms with Crippen LogP contribution in [-0.2, 0) is 0 Å². The van der Waals surface area contributed by atoms with Crippen LogP contribution in [0.2, 0.25) is 0 Å². The Hall–Kier alpha value is -1.91. The van der Waals surface area contributed by atoms with Gasteiger partial charge in [0.15, 0.2) is 5.78 Å². The molecule has 0 unspecified atom stereocenters. The van der Waals surface area contributed by atoms with E-state index in [0.717, 1.165) is 11.1 Å². The van der Waals surface area contributed by atoms with Crippen molar-refractivity contribution < 1.29 is 14.8 Å². The van der Waals surface area contributed by atoms with Crippen LogP contribution in [0.4, 0.5) is 0 Å². The summed E-state index contributed by atoms with van der Waals surface area (Å²) in [5.74, 6) is 0.0752. The fourth-order valence-corrected chi connectivity index (χ4v) is 1.35. The van der Waals surface area contributed by atoms with Gasteiger partial charge in [-0.05, 0) is 0 Å². The summed E-state index contributed by atoms with van der Waals surface area (Å²) in [5.41, 5.74) is 1.47. The number of hydrogen-bond donors (Lipinski definition) is 2. The van der Waals surface area contributed by atoms with Gasteiger partial charge in [-0.3, -0.25) is 4.79 Å². The van der Waals surface area contributed by atoms with Crippen LogP contribution in [-0.4, -0.2) is 23.5 Å². The molecule has 0 aliphatic heterocycles. The molecule has 17 heavy (non-hydrogen) atoms. The molecular formula is C13H12BO3. The Morgan fingerprint density at radius 1 is 0.765 bits per heavy atom. The van der Waals surface area contributed by atoms with E-state index in [1.807, 2.05) is 60.7 Å². The van der Waals surface area contributed by atoms with Crippen molar-refractivity contribution in [2.45, 2.75) is 0 Å². The van der Waals surface area contributed by atoms with E-state index in [4.69, 9.17) is 10.0 Å². The van der Waals surface area contributed by atoms with Gasteiger partial charge in [0.25, 0.3) is 0 Å². The summed E-state index contributed by atoms with van der Waals surface area (Å²) < 4.78 is 0. The number of hydrogen-bond acceptors (Lipinski definition) is 3. The zero-order chi connectivity index (χ0) is 12.5. The third-order valence-corrected chi connectivity index (χ3v) is 2.07. The maximum absolute atomic E-state index is 11.8. The summed E-state index contributed by atoms with van der Waals surface area (Å²) in [7, 11) is 0. The number of benzene rings is 2. The second-order valence-corrected chi connectivity index (χ2v) is 3.18. The SMILES string of the molecule is O=C(c1ccccc1)c1ccccc1.O[B]O. The first-order valence-corrected chi connectivity index (χ1v) is 5.04. The van der Waals surface area contributed by atoms with Crippen LogP contribution in [0.25, 0.3) is 0 Å². The molecule has 1 radical (unpaired) electrons. The normalized spacial score (nSPS) is 8.82. The lowest BCUT2D eigenvalue weighted by Gasteiger charge is -1.99. The van der Waals surface area contributed by atoms with Crippen LogP contribution in [0.5, 0.6) is 0 Å². The lowest BCUT2D eigenvalue weighted by molar-refractivity contribution is 0.103. The first-order valence-electron chi connectivity index (χ1n) is 5.04. The van der Waals surface area contributed by atoms with Gasteiger partial charge in [0, 0.05) is 11.1 Å². The molecule has 2 N–H and O–H groups in total. The molecule has 0 atom stereocenters.